The molecule has 5 aliphatic rings. The van der Waals surface area contributed by atoms with Gasteiger partial charge in [0.05, 0.1) is 16.9 Å². The van der Waals surface area contributed by atoms with Gasteiger partial charge in [0.2, 0.25) is 0 Å². The van der Waals surface area contributed by atoms with Crippen molar-refractivity contribution in [2.24, 2.45) is 17.8 Å². The first-order valence-electron chi connectivity index (χ1n) is 9.72. The van der Waals surface area contributed by atoms with Crippen LogP contribution in [0.3, 0.4) is 0 Å². The molecule has 0 spiro atoms. The van der Waals surface area contributed by atoms with Crippen LogP contribution in [0.2, 0.25) is 0 Å². The molecule has 148 valence electrons. The van der Waals surface area contributed by atoms with Gasteiger partial charge in [-0.2, -0.15) is 0 Å². The number of nitrogens with one attached hydrogen (secondary N) is 4. The van der Waals surface area contributed by atoms with E-state index in [2.05, 4.69) is 20.9 Å². The molecule has 6 N–H and O–H groups in total. The fourth-order valence-corrected chi connectivity index (χ4v) is 5.99. The maximum Gasteiger partial charge on any atom is 0.394 e. The van der Waals surface area contributed by atoms with Crippen LogP contribution in [-0.2, 0) is 16.0 Å². The van der Waals surface area contributed by atoms with E-state index >= 15 is 0 Å². The molecule has 9 heteroatoms. The maximum atomic E-state index is 11.5. The number of carbonyl (C=O) groups is 2. The molecule has 1 aromatic heterocycles. The Kier molecular flexibility index (Phi) is 3.67. The Morgan fingerprint density at radius 2 is 2.07 bits per heavy atom. The minimum absolute atomic E-state index is 0.210. The van der Waals surface area contributed by atoms with Crippen molar-refractivity contribution in [1.82, 2.24) is 10.3 Å². The Balaban J connectivity index is 1.47. The largest absolute Gasteiger partial charge is 0.474 e. The highest BCUT2D eigenvalue weighted by atomic mass is 16.4. The predicted molar refractivity (Wildman–Crippen MR) is 100 cm³/mol. The van der Waals surface area contributed by atoms with Crippen LogP contribution in [0, 0.1) is 23.2 Å². The number of hydrogen-bond acceptors (Lipinski definition) is 7. The molecule has 1 aromatic rings. The number of nitrogens with zero attached hydrogens (tertiary/aromatic N) is 1. The number of carboxylic acids is 1. The van der Waals surface area contributed by atoms with E-state index in [-0.39, 0.29) is 11.9 Å². The summed E-state index contributed by atoms with van der Waals surface area (Å²) in [6.45, 7) is 0.745. The van der Waals surface area contributed by atoms with Crippen LogP contribution in [0.1, 0.15) is 36.8 Å². The fourth-order valence-electron chi connectivity index (χ4n) is 5.99. The predicted octanol–water partition coefficient (Wildman–Crippen LogP) is 0.537. The number of aliphatic carboxylic acids is 1. The fraction of sp³-hybridized carbons (Fsp3) is 0.579. The molecule has 4 saturated carbocycles. The molecular formula is C19H23N5O4. The SMILES string of the molecule is N=C(NC(=O)C(=O)O)c1cnc2c(c1N[C@H]1C3C[C@]4(O)CC3C[C@H]1C4)CCN2. The smallest absolute Gasteiger partial charge is 0.394 e. The number of amidine groups is 1. The van der Waals surface area contributed by atoms with Crippen molar-refractivity contribution in [3.05, 3.63) is 17.3 Å². The number of pyridine rings is 1. The van der Waals surface area contributed by atoms with Crippen molar-refractivity contribution in [3.8, 4) is 0 Å². The van der Waals surface area contributed by atoms with E-state index in [9.17, 15) is 14.7 Å². The molecule has 2 heterocycles. The van der Waals surface area contributed by atoms with E-state index < -0.39 is 17.5 Å². The summed E-state index contributed by atoms with van der Waals surface area (Å²) in [6, 6.07) is 0.210. The summed E-state index contributed by atoms with van der Waals surface area (Å²) in [5.41, 5.74) is 1.60. The van der Waals surface area contributed by atoms with E-state index in [1.807, 2.05) is 0 Å². The van der Waals surface area contributed by atoms with E-state index in [1.165, 1.54) is 6.20 Å². The van der Waals surface area contributed by atoms with Crippen LogP contribution in [0.25, 0.3) is 0 Å². The molecule has 5 atom stereocenters. The lowest BCUT2D eigenvalue weighted by Crippen LogP contribution is -2.43. The first-order chi connectivity index (χ1) is 13.3. The second-order valence-electron chi connectivity index (χ2n) is 8.61. The summed E-state index contributed by atoms with van der Waals surface area (Å²) in [6.07, 6.45) is 5.83. The van der Waals surface area contributed by atoms with Crippen molar-refractivity contribution in [2.45, 2.75) is 43.7 Å². The van der Waals surface area contributed by atoms with Crippen molar-refractivity contribution in [3.63, 3.8) is 0 Å². The number of anilines is 2. The van der Waals surface area contributed by atoms with Crippen LogP contribution in [0.15, 0.2) is 6.20 Å². The van der Waals surface area contributed by atoms with Gasteiger partial charge in [-0.05, 0) is 49.9 Å². The molecule has 1 amide bonds. The Bertz CT molecular complexity index is 899. The first kappa shape index (κ1) is 17.4. The molecule has 0 radical (unpaired) electrons. The van der Waals surface area contributed by atoms with Gasteiger partial charge in [0.15, 0.2) is 0 Å². The number of fused-ring (bicyclic) bond motifs is 1. The zero-order valence-electron chi connectivity index (χ0n) is 15.3. The molecule has 0 aromatic carbocycles. The Labute approximate surface area is 161 Å². The number of amides is 1. The third kappa shape index (κ3) is 2.56. The summed E-state index contributed by atoms with van der Waals surface area (Å²) in [5, 5.41) is 36.7. The molecule has 28 heavy (non-hydrogen) atoms. The number of rotatable bonds is 3. The minimum atomic E-state index is -1.63. The Morgan fingerprint density at radius 3 is 2.82 bits per heavy atom. The van der Waals surface area contributed by atoms with Gasteiger partial charge >= 0.3 is 11.9 Å². The lowest BCUT2D eigenvalue weighted by molar-refractivity contribution is -0.149. The van der Waals surface area contributed by atoms with Gasteiger partial charge in [0.1, 0.15) is 11.7 Å². The van der Waals surface area contributed by atoms with Gasteiger partial charge < -0.3 is 26.2 Å². The molecule has 4 aliphatic carbocycles. The number of aromatic nitrogens is 1. The minimum Gasteiger partial charge on any atom is -0.474 e. The summed E-state index contributed by atoms with van der Waals surface area (Å²) in [5.74, 6) is -1.07. The molecule has 0 saturated heterocycles. The molecule has 1 aliphatic heterocycles. The molecule has 6 rings (SSSR count). The van der Waals surface area contributed by atoms with Gasteiger partial charge in [0, 0.05) is 24.3 Å². The summed E-state index contributed by atoms with van der Waals surface area (Å²) >= 11 is 0. The van der Waals surface area contributed by atoms with Gasteiger partial charge in [-0.25, -0.2) is 9.78 Å². The van der Waals surface area contributed by atoms with Crippen LogP contribution in [0.4, 0.5) is 11.5 Å². The number of carboxylic acid groups (broad SMARTS) is 1. The number of aliphatic hydroxyl groups is 1. The standard InChI is InChI=1S/C19H23N5O4/c20-15(24-17(25)18(26)27)12-7-22-16-10(1-2-21-16)14(12)23-13-9-3-8-4-19(28,5-9)6-11(8)13/h7-9,11,13,28H,1-6H2,(H,26,27)(H2,20,24,25)(H2,21,22,23)/t8?,9-,11?,13+,19-/m0/s1. The Hall–Kier alpha value is -2.68. The number of carbonyl (C=O) groups excluding carboxylic acids is 1. The summed E-state index contributed by atoms with van der Waals surface area (Å²) in [7, 11) is 0. The van der Waals surface area contributed by atoms with Crippen LogP contribution in [-0.4, -0.2) is 51.1 Å². The second-order valence-corrected chi connectivity index (χ2v) is 8.61. The summed E-state index contributed by atoms with van der Waals surface area (Å²) < 4.78 is 0. The van der Waals surface area contributed by atoms with Gasteiger partial charge in [-0.15, -0.1) is 0 Å². The van der Waals surface area contributed by atoms with Crippen molar-refractivity contribution in [1.29, 1.82) is 5.41 Å². The first-order valence-corrected chi connectivity index (χ1v) is 9.72. The highest BCUT2D eigenvalue weighted by Crippen LogP contribution is 2.60. The maximum absolute atomic E-state index is 11.5. The van der Waals surface area contributed by atoms with Crippen LogP contribution in [0.5, 0.6) is 0 Å². The average molecular weight is 385 g/mol. The van der Waals surface area contributed by atoms with E-state index in [0.29, 0.717) is 23.3 Å². The molecule has 4 bridgehead atoms. The monoisotopic (exact) mass is 385 g/mol. The van der Waals surface area contributed by atoms with Crippen molar-refractivity contribution in [2.75, 3.05) is 17.2 Å². The zero-order chi connectivity index (χ0) is 19.6. The van der Waals surface area contributed by atoms with Crippen molar-refractivity contribution < 1.29 is 19.8 Å². The zero-order valence-corrected chi connectivity index (χ0v) is 15.3. The van der Waals surface area contributed by atoms with E-state index in [1.54, 1.807) is 0 Å². The third-order valence-electron chi connectivity index (χ3n) is 6.94. The second kappa shape index (κ2) is 5.91. The Morgan fingerprint density at radius 1 is 1.29 bits per heavy atom. The number of hydrogen-bond donors (Lipinski definition) is 6. The highest BCUT2D eigenvalue weighted by molar-refractivity contribution is 6.36. The van der Waals surface area contributed by atoms with Gasteiger partial charge in [0.25, 0.3) is 0 Å². The third-order valence-corrected chi connectivity index (χ3v) is 6.94. The van der Waals surface area contributed by atoms with Crippen molar-refractivity contribution >= 4 is 29.2 Å². The lowest BCUT2D eigenvalue weighted by Gasteiger charge is -2.39. The highest BCUT2D eigenvalue weighted by Gasteiger charge is 2.60. The average Bonchev–Trinajstić information content (AvgIpc) is 3.26. The van der Waals surface area contributed by atoms with Gasteiger partial charge in [-0.3, -0.25) is 10.2 Å². The summed E-state index contributed by atoms with van der Waals surface area (Å²) in [4.78, 5) is 26.7. The van der Waals surface area contributed by atoms with E-state index in [4.69, 9.17) is 10.5 Å². The molecule has 4 fully saturated rings. The van der Waals surface area contributed by atoms with E-state index in [0.717, 1.165) is 55.7 Å². The normalized spacial score (nSPS) is 34.0. The molecule has 2 unspecified atom stereocenters. The topological polar surface area (TPSA) is 147 Å². The molecule has 9 nitrogen and oxygen atoms in total. The van der Waals surface area contributed by atoms with Gasteiger partial charge in [-0.1, -0.05) is 0 Å². The quantitative estimate of drug-likeness (QED) is 0.253. The van der Waals surface area contributed by atoms with Crippen LogP contribution >= 0.6 is 0 Å². The molecular weight excluding hydrogens is 362 g/mol. The lowest BCUT2D eigenvalue weighted by atomic mass is 9.76. The van der Waals surface area contributed by atoms with Crippen LogP contribution < -0.4 is 16.0 Å².